The number of carbonyl (C=O) groups excluding carboxylic acids is 1. The minimum Gasteiger partial charge on any atom is -0.366 e. The number of carbonyl (C=O) groups is 1. The second-order valence-corrected chi connectivity index (χ2v) is 6.26. The van der Waals surface area contributed by atoms with E-state index < -0.39 is 17.8 Å². The number of hydrogen-bond donors (Lipinski definition) is 1. The van der Waals surface area contributed by atoms with Crippen LogP contribution in [0.3, 0.4) is 0 Å². The van der Waals surface area contributed by atoms with Crippen LogP contribution in [0.25, 0.3) is 23.2 Å². The number of pyridine rings is 1. The van der Waals surface area contributed by atoms with E-state index in [1.807, 2.05) is 32.0 Å². The number of primary amides is 1. The van der Waals surface area contributed by atoms with E-state index in [4.69, 9.17) is 5.73 Å². The van der Waals surface area contributed by atoms with Gasteiger partial charge in [-0.15, -0.1) is 5.10 Å². The van der Waals surface area contributed by atoms with Crippen molar-refractivity contribution < 1.29 is 18.0 Å². The van der Waals surface area contributed by atoms with Gasteiger partial charge in [-0.1, -0.05) is 17.2 Å². The molecular formula is C19H16F3N5O. The molecule has 0 atom stereocenters. The number of nitrogens with two attached hydrogens (primary N) is 1. The normalized spacial score (nSPS) is 12.2. The number of alkyl halides is 3. The molecule has 144 valence electrons. The zero-order valence-corrected chi connectivity index (χ0v) is 15.0. The molecule has 2 aromatic heterocycles. The molecule has 2 N–H and O–H groups in total. The second-order valence-electron chi connectivity index (χ2n) is 6.26. The van der Waals surface area contributed by atoms with E-state index in [0.29, 0.717) is 5.82 Å². The fraction of sp³-hybridized carbons (Fsp3) is 0.158. The van der Waals surface area contributed by atoms with Crippen molar-refractivity contribution >= 4 is 17.7 Å². The Kier molecular flexibility index (Phi) is 5.00. The van der Waals surface area contributed by atoms with E-state index in [1.165, 1.54) is 23.3 Å². The molecule has 0 fully saturated rings. The Hall–Kier alpha value is -3.49. The van der Waals surface area contributed by atoms with Gasteiger partial charge in [0.05, 0.1) is 5.57 Å². The number of amides is 1. The Labute approximate surface area is 158 Å². The second kappa shape index (κ2) is 7.26. The highest BCUT2D eigenvalue weighted by Crippen LogP contribution is 2.29. The maximum absolute atomic E-state index is 12.9. The molecule has 2 heterocycles. The number of aromatic nitrogens is 4. The average molecular weight is 387 g/mol. The van der Waals surface area contributed by atoms with Gasteiger partial charge in [-0.25, -0.2) is 9.67 Å². The summed E-state index contributed by atoms with van der Waals surface area (Å²) in [5.74, 6) is -0.486. The number of nitrogens with zero attached hydrogens (tertiary/aromatic N) is 4. The highest BCUT2D eigenvalue weighted by Gasteiger charge is 2.32. The molecule has 0 unspecified atom stereocenters. The first-order valence-electron chi connectivity index (χ1n) is 8.18. The molecule has 1 amide bonds. The smallest absolute Gasteiger partial charge is 0.366 e. The minimum atomic E-state index is -4.64. The zero-order chi connectivity index (χ0) is 20.5. The summed E-state index contributed by atoms with van der Waals surface area (Å²) in [6.45, 7) is 3.89. The van der Waals surface area contributed by atoms with Crippen LogP contribution in [0, 0.1) is 13.8 Å². The van der Waals surface area contributed by atoms with Crippen LogP contribution in [0.5, 0.6) is 0 Å². The fourth-order valence-corrected chi connectivity index (χ4v) is 2.74. The molecule has 6 nitrogen and oxygen atoms in total. The predicted octanol–water partition coefficient (Wildman–Crippen LogP) is 3.46. The highest BCUT2D eigenvalue weighted by molar-refractivity contribution is 6.22. The van der Waals surface area contributed by atoms with Gasteiger partial charge >= 0.3 is 6.18 Å². The SMILES string of the molecule is Cc1cc(C)cc(-c2ncn(/C=C(/C(N)=O)c3ccnc(C(F)(F)F)c3)n2)c1. The third-order valence-corrected chi connectivity index (χ3v) is 3.88. The van der Waals surface area contributed by atoms with E-state index in [9.17, 15) is 18.0 Å². The van der Waals surface area contributed by atoms with Crippen molar-refractivity contribution in [1.82, 2.24) is 19.7 Å². The van der Waals surface area contributed by atoms with Crippen LogP contribution in [0.4, 0.5) is 13.2 Å². The van der Waals surface area contributed by atoms with Crippen molar-refractivity contribution in [3.8, 4) is 11.4 Å². The molecule has 0 saturated carbocycles. The first-order chi connectivity index (χ1) is 13.1. The lowest BCUT2D eigenvalue weighted by atomic mass is 10.1. The van der Waals surface area contributed by atoms with E-state index in [-0.39, 0.29) is 11.1 Å². The van der Waals surface area contributed by atoms with Gasteiger partial charge in [-0.3, -0.25) is 9.78 Å². The van der Waals surface area contributed by atoms with Gasteiger partial charge in [-0.05, 0) is 43.7 Å². The summed E-state index contributed by atoms with van der Waals surface area (Å²) in [5.41, 5.74) is 6.94. The number of benzene rings is 1. The Balaban J connectivity index is 2.01. The summed E-state index contributed by atoms with van der Waals surface area (Å²) >= 11 is 0. The summed E-state index contributed by atoms with van der Waals surface area (Å²) in [5, 5.41) is 4.27. The van der Waals surface area contributed by atoms with Crippen LogP contribution in [0.15, 0.2) is 42.9 Å². The van der Waals surface area contributed by atoms with Crippen LogP contribution in [-0.4, -0.2) is 25.7 Å². The molecule has 0 radical (unpaired) electrons. The van der Waals surface area contributed by atoms with Crippen LogP contribution in [0.2, 0.25) is 0 Å². The molecule has 28 heavy (non-hydrogen) atoms. The highest BCUT2D eigenvalue weighted by atomic mass is 19.4. The number of halogens is 3. The summed E-state index contributed by atoms with van der Waals surface area (Å²) < 4.78 is 39.9. The molecular weight excluding hydrogens is 371 g/mol. The first kappa shape index (κ1) is 19.3. The van der Waals surface area contributed by atoms with Crippen LogP contribution < -0.4 is 5.73 Å². The van der Waals surface area contributed by atoms with Gasteiger partial charge in [0.15, 0.2) is 5.82 Å². The standard InChI is InChI=1S/C19H16F3N5O/c1-11-5-12(2)7-14(6-11)18-25-10-27(26-18)9-15(17(23)28)13-3-4-24-16(8-13)19(20,21)22/h3-10H,1-2H3,(H2,23,28)/b15-9+. The van der Waals surface area contributed by atoms with Crippen LogP contribution in [-0.2, 0) is 11.0 Å². The molecule has 0 spiro atoms. The lowest BCUT2D eigenvalue weighted by Gasteiger charge is -2.08. The lowest BCUT2D eigenvalue weighted by Crippen LogP contribution is -2.15. The molecule has 0 saturated heterocycles. The maximum atomic E-state index is 12.9. The van der Waals surface area contributed by atoms with Gasteiger partial charge < -0.3 is 5.73 Å². The molecule has 0 aliphatic carbocycles. The third-order valence-electron chi connectivity index (χ3n) is 3.88. The lowest BCUT2D eigenvalue weighted by molar-refractivity contribution is -0.141. The molecule has 9 heteroatoms. The summed E-state index contributed by atoms with van der Waals surface area (Å²) in [6, 6.07) is 7.85. The van der Waals surface area contributed by atoms with E-state index >= 15 is 0 Å². The van der Waals surface area contributed by atoms with Crippen molar-refractivity contribution in [3.05, 3.63) is 65.2 Å². The monoisotopic (exact) mass is 387 g/mol. The van der Waals surface area contributed by atoms with Crippen molar-refractivity contribution in [3.63, 3.8) is 0 Å². The zero-order valence-electron chi connectivity index (χ0n) is 15.0. The number of rotatable bonds is 4. The maximum Gasteiger partial charge on any atom is 0.433 e. The van der Waals surface area contributed by atoms with Gasteiger partial charge in [0.2, 0.25) is 0 Å². The van der Waals surface area contributed by atoms with Gasteiger partial charge in [0.1, 0.15) is 12.0 Å². The molecule has 0 bridgehead atoms. The third kappa shape index (κ3) is 4.25. The summed E-state index contributed by atoms with van der Waals surface area (Å²) in [7, 11) is 0. The Morgan fingerprint density at radius 3 is 2.39 bits per heavy atom. The van der Waals surface area contributed by atoms with E-state index in [1.54, 1.807) is 0 Å². The van der Waals surface area contributed by atoms with Crippen LogP contribution in [0.1, 0.15) is 22.4 Å². The average Bonchev–Trinajstić information content (AvgIpc) is 3.07. The predicted molar refractivity (Wildman–Crippen MR) is 97.5 cm³/mol. The largest absolute Gasteiger partial charge is 0.433 e. The number of aryl methyl sites for hydroxylation is 2. The van der Waals surface area contributed by atoms with Gasteiger partial charge in [0.25, 0.3) is 5.91 Å². The summed E-state index contributed by atoms with van der Waals surface area (Å²) in [4.78, 5) is 19.3. The number of hydrogen-bond acceptors (Lipinski definition) is 4. The Bertz CT molecular complexity index is 1050. The van der Waals surface area contributed by atoms with Crippen LogP contribution >= 0.6 is 0 Å². The quantitative estimate of drug-likeness (QED) is 0.695. The van der Waals surface area contributed by atoms with Gasteiger partial charge in [0, 0.05) is 18.0 Å². The summed E-state index contributed by atoms with van der Waals surface area (Å²) in [6.07, 6.45) is -1.09. The minimum absolute atomic E-state index is 0.0155. The van der Waals surface area contributed by atoms with Crippen molar-refractivity contribution in [2.75, 3.05) is 0 Å². The Morgan fingerprint density at radius 2 is 1.79 bits per heavy atom. The van der Waals surface area contributed by atoms with E-state index in [2.05, 4.69) is 15.1 Å². The molecule has 3 rings (SSSR count). The molecule has 3 aromatic rings. The fourth-order valence-electron chi connectivity index (χ4n) is 2.74. The van der Waals surface area contributed by atoms with E-state index in [0.717, 1.165) is 29.0 Å². The van der Waals surface area contributed by atoms with Crippen molar-refractivity contribution in [2.24, 2.45) is 5.73 Å². The molecule has 0 aliphatic heterocycles. The van der Waals surface area contributed by atoms with Crippen molar-refractivity contribution in [2.45, 2.75) is 20.0 Å². The first-order valence-corrected chi connectivity index (χ1v) is 8.18. The van der Waals surface area contributed by atoms with Crippen molar-refractivity contribution in [1.29, 1.82) is 0 Å². The Morgan fingerprint density at radius 1 is 1.11 bits per heavy atom. The topological polar surface area (TPSA) is 86.7 Å². The molecule has 0 aliphatic rings. The van der Waals surface area contributed by atoms with Gasteiger partial charge in [-0.2, -0.15) is 13.2 Å². The molecule has 1 aromatic carbocycles.